The van der Waals surface area contributed by atoms with Crippen molar-refractivity contribution in [3.8, 4) is 11.5 Å². The molecule has 0 aliphatic carbocycles. The van der Waals surface area contributed by atoms with Crippen LogP contribution in [-0.4, -0.2) is 46.9 Å². The maximum atomic E-state index is 12.7. The number of carbonyl (C=O) groups is 1. The Morgan fingerprint density at radius 2 is 1.87 bits per heavy atom. The van der Waals surface area contributed by atoms with Gasteiger partial charge in [0, 0.05) is 6.54 Å². The molecular weight excluding hydrogens is 416 g/mol. The first-order chi connectivity index (χ1) is 14.5. The van der Waals surface area contributed by atoms with Gasteiger partial charge in [0.05, 0.1) is 25.6 Å². The second-order valence-corrected chi connectivity index (χ2v) is 10.6. The molecule has 1 heterocycles. The normalized spacial score (nSPS) is 16.3. The highest BCUT2D eigenvalue weighted by Gasteiger charge is 2.35. The molecule has 2 aromatic carbocycles. The molecule has 2 aromatic rings. The molecule has 0 radical (unpaired) electrons. The van der Waals surface area contributed by atoms with Crippen LogP contribution in [0.25, 0.3) is 0 Å². The van der Waals surface area contributed by atoms with Crippen molar-refractivity contribution in [3.63, 3.8) is 0 Å². The van der Waals surface area contributed by atoms with Crippen LogP contribution in [0.2, 0.25) is 0 Å². The highest BCUT2D eigenvalue weighted by molar-refractivity contribution is 7.92. The van der Waals surface area contributed by atoms with Crippen molar-refractivity contribution in [3.05, 3.63) is 53.6 Å². The zero-order valence-corrected chi connectivity index (χ0v) is 19.5. The van der Waals surface area contributed by atoms with Crippen LogP contribution in [-0.2, 0) is 26.7 Å². The van der Waals surface area contributed by atoms with Gasteiger partial charge in [-0.05, 0) is 47.2 Å². The molecule has 8 heteroatoms. The third-order valence-corrected chi connectivity index (χ3v) is 6.41. The zero-order valence-electron chi connectivity index (χ0n) is 18.6. The molecule has 0 fully saturated rings. The number of anilines is 1. The standard InChI is InChI=1S/C23H30N2O5S/c1-23(2,3)17-8-11-20-19(14-17)25(31(5,27)28)15-21(30-20)22(26)24-13-12-16-6-9-18(29-4)10-7-16/h6-11,14,21H,12-13,15H2,1-5H3,(H,24,26)/t21-/m1/s1. The summed E-state index contributed by atoms with van der Waals surface area (Å²) in [5.41, 5.74) is 2.38. The van der Waals surface area contributed by atoms with E-state index in [-0.39, 0.29) is 17.9 Å². The van der Waals surface area contributed by atoms with Gasteiger partial charge >= 0.3 is 0 Å². The maximum Gasteiger partial charge on any atom is 0.263 e. The molecule has 1 atom stereocenters. The first-order valence-electron chi connectivity index (χ1n) is 10.2. The number of methoxy groups -OCH3 is 1. The average Bonchev–Trinajstić information content (AvgIpc) is 2.71. The first kappa shape index (κ1) is 22.9. The Balaban J connectivity index is 1.72. The van der Waals surface area contributed by atoms with E-state index in [0.717, 1.165) is 23.1 Å². The van der Waals surface area contributed by atoms with Crippen LogP contribution in [0, 0.1) is 0 Å². The van der Waals surface area contributed by atoms with Crippen LogP contribution < -0.4 is 19.1 Å². The van der Waals surface area contributed by atoms with Gasteiger partial charge in [0.2, 0.25) is 10.0 Å². The summed E-state index contributed by atoms with van der Waals surface area (Å²) in [5.74, 6) is 0.824. The molecule has 3 rings (SSSR count). The topological polar surface area (TPSA) is 84.9 Å². The minimum atomic E-state index is -3.58. The summed E-state index contributed by atoms with van der Waals surface area (Å²) < 4.78 is 37.2. The van der Waals surface area contributed by atoms with E-state index in [1.807, 2.05) is 36.4 Å². The van der Waals surface area contributed by atoms with Crippen molar-refractivity contribution in [2.45, 2.75) is 38.7 Å². The Kier molecular flexibility index (Phi) is 6.50. The lowest BCUT2D eigenvalue weighted by Crippen LogP contribution is -2.50. The highest BCUT2D eigenvalue weighted by atomic mass is 32.2. The molecule has 1 aliphatic rings. The van der Waals surface area contributed by atoms with E-state index in [4.69, 9.17) is 9.47 Å². The molecule has 31 heavy (non-hydrogen) atoms. The molecule has 0 unspecified atom stereocenters. The van der Waals surface area contributed by atoms with Gasteiger partial charge in [0.1, 0.15) is 11.5 Å². The molecule has 1 amide bonds. The lowest BCUT2D eigenvalue weighted by atomic mass is 9.86. The summed E-state index contributed by atoms with van der Waals surface area (Å²) >= 11 is 0. The number of nitrogens with zero attached hydrogens (tertiary/aromatic N) is 1. The molecule has 7 nitrogen and oxygen atoms in total. The number of carbonyl (C=O) groups excluding carboxylic acids is 1. The van der Waals surface area contributed by atoms with Crippen molar-refractivity contribution >= 4 is 21.6 Å². The molecule has 168 valence electrons. The van der Waals surface area contributed by atoms with Crippen LogP contribution >= 0.6 is 0 Å². The van der Waals surface area contributed by atoms with Crippen molar-refractivity contribution in [1.82, 2.24) is 5.32 Å². The Hall–Kier alpha value is -2.74. The number of fused-ring (bicyclic) bond motifs is 1. The van der Waals surface area contributed by atoms with Crippen molar-refractivity contribution < 1.29 is 22.7 Å². The summed E-state index contributed by atoms with van der Waals surface area (Å²) in [6.45, 7) is 6.53. The van der Waals surface area contributed by atoms with Gasteiger partial charge in [-0.1, -0.05) is 39.0 Å². The molecule has 0 saturated carbocycles. The molecule has 1 N–H and O–H groups in total. The highest BCUT2D eigenvalue weighted by Crippen LogP contribution is 2.38. The smallest absolute Gasteiger partial charge is 0.263 e. The number of hydrogen-bond acceptors (Lipinski definition) is 5. The number of benzene rings is 2. The number of nitrogens with one attached hydrogen (secondary N) is 1. The van der Waals surface area contributed by atoms with Crippen LogP contribution in [0.15, 0.2) is 42.5 Å². The Bertz CT molecular complexity index is 1040. The Morgan fingerprint density at radius 3 is 2.45 bits per heavy atom. The predicted octanol–water partition coefficient (Wildman–Crippen LogP) is 2.88. The van der Waals surface area contributed by atoms with E-state index in [9.17, 15) is 13.2 Å². The van der Waals surface area contributed by atoms with E-state index in [1.165, 1.54) is 4.31 Å². The van der Waals surface area contributed by atoms with E-state index in [2.05, 4.69) is 26.1 Å². The fraction of sp³-hybridized carbons (Fsp3) is 0.435. The van der Waals surface area contributed by atoms with Gasteiger partial charge in [-0.25, -0.2) is 8.42 Å². The van der Waals surface area contributed by atoms with Gasteiger partial charge in [0.15, 0.2) is 6.10 Å². The fourth-order valence-corrected chi connectivity index (χ4v) is 4.31. The van der Waals surface area contributed by atoms with E-state index in [1.54, 1.807) is 13.2 Å². The number of amides is 1. The third kappa shape index (κ3) is 5.50. The summed E-state index contributed by atoms with van der Waals surface area (Å²) in [4.78, 5) is 12.7. The minimum absolute atomic E-state index is 0.0617. The second kappa shape index (κ2) is 8.78. The monoisotopic (exact) mass is 446 g/mol. The number of rotatable bonds is 6. The van der Waals surface area contributed by atoms with Crippen molar-refractivity contribution in [2.75, 3.05) is 30.8 Å². The average molecular weight is 447 g/mol. The summed E-state index contributed by atoms with van der Waals surface area (Å²) in [6.07, 6.45) is 0.868. The lowest BCUT2D eigenvalue weighted by Gasteiger charge is -2.35. The third-order valence-electron chi connectivity index (χ3n) is 5.26. The van der Waals surface area contributed by atoms with Crippen LogP contribution in [0.5, 0.6) is 11.5 Å². The van der Waals surface area contributed by atoms with E-state index in [0.29, 0.717) is 24.4 Å². The van der Waals surface area contributed by atoms with Gasteiger partial charge in [-0.2, -0.15) is 0 Å². The predicted molar refractivity (Wildman–Crippen MR) is 121 cm³/mol. The molecule has 0 bridgehead atoms. The maximum absolute atomic E-state index is 12.7. The van der Waals surface area contributed by atoms with Gasteiger partial charge in [-0.15, -0.1) is 0 Å². The molecule has 0 spiro atoms. The zero-order chi connectivity index (χ0) is 22.8. The van der Waals surface area contributed by atoms with Crippen molar-refractivity contribution in [2.24, 2.45) is 0 Å². The fourth-order valence-electron chi connectivity index (χ4n) is 3.40. The summed E-state index contributed by atoms with van der Waals surface area (Å²) in [6, 6.07) is 13.1. The van der Waals surface area contributed by atoms with Gasteiger partial charge in [0.25, 0.3) is 5.91 Å². The minimum Gasteiger partial charge on any atom is -0.497 e. The quantitative estimate of drug-likeness (QED) is 0.738. The van der Waals surface area contributed by atoms with Gasteiger partial charge in [-0.3, -0.25) is 9.10 Å². The molecular formula is C23H30N2O5S. The Morgan fingerprint density at radius 1 is 1.19 bits per heavy atom. The number of ether oxygens (including phenoxy) is 2. The lowest BCUT2D eigenvalue weighted by molar-refractivity contribution is -0.127. The molecule has 0 saturated heterocycles. The SMILES string of the molecule is COc1ccc(CCNC(=O)[C@H]2CN(S(C)(=O)=O)c3cc(C(C)(C)C)ccc3O2)cc1. The van der Waals surface area contributed by atoms with Crippen LogP contribution in [0.3, 0.4) is 0 Å². The molecule has 1 aliphatic heterocycles. The van der Waals surface area contributed by atoms with Gasteiger partial charge < -0.3 is 14.8 Å². The summed E-state index contributed by atoms with van der Waals surface area (Å²) in [7, 11) is -1.96. The van der Waals surface area contributed by atoms with E-state index < -0.39 is 16.1 Å². The van der Waals surface area contributed by atoms with Crippen LogP contribution in [0.4, 0.5) is 5.69 Å². The van der Waals surface area contributed by atoms with E-state index >= 15 is 0 Å². The number of hydrogen-bond donors (Lipinski definition) is 1. The largest absolute Gasteiger partial charge is 0.497 e. The number of sulfonamides is 1. The van der Waals surface area contributed by atoms with Crippen LogP contribution in [0.1, 0.15) is 31.9 Å². The molecule has 0 aromatic heterocycles. The second-order valence-electron chi connectivity index (χ2n) is 8.72. The Labute approximate surface area is 184 Å². The summed E-state index contributed by atoms with van der Waals surface area (Å²) in [5, 5.41) is 2.85. The first-order valence-corrected chi connectivity index (χ1v) is 12.0. The van der Waals surface area contributed by atoms with Crippen molar-refractivity contribution in [1.29, 1.82) is 0 Å².